The van der Waals surface area contributed by atoms with E-state index in [0.29, 0.717) is 6.42 Å². The summed E-state index contributed by atoms with van der Waals surface area (Å²) >= 11 is 0. The van der Waals surface area contributed by atoms with Gasteiger partial charge in [0.2, 0.25) is 0 Å². The lowest BCUT2D eigenvalue weighted by molar-refractivity contribution is -0.305. The summed E-state index contributed by atoms with van der Waals surface area (Å²) < 4.78 is 22.1. The number of aliphatic hydroxyl groups excluding tert-OH is 4. The Bertz CT molecular complexity index is 881. The number of ether oxygens (including phenoxy) is 4. The molecule has 312 valence electrons. The molecule has 4 N–H and O–H groups in total. The van der Waals surface area contributed by atoms with Gasteiger partial charge in [-0.05, 0) is 38.5 Å². The Morgan fingerprint density at radius 3 is 1.47 bits per heavy atom. The van der Waals surface area contributed by atoms with E-state index in [1.54, 1.807) is 0 Å². The molecule has 0 aliphatic carbocycles. The first-order valence-corrected chi connectivity index (χ1v) is 21.8. The molecule has 10 heteroatoms. The zero-order valence-electron chi connectivity index (χ0n) is 33.8. The number of esters is 2. The van der Waals surface area contributed by atoms with Crippen LogP contribution in [-0.2, 0) is 28.5 Å². The van der Waals surface area contributed by atoms with E-state index in [-0.39, 0.29) is 32.0 Å². The van der Waals surface area contributed by atoms with Crippen LogP contribution in [0.15, 0.2) is 12.2 Å². The third-order valence-electron chi connectivity index (χ3n) is 10.2. The highest BCUT2D eigenvalue weighted by Crippen LogP contribution is 2.23. The van der Waals surface area contributed by atoms with E-state index in [2.05, 4.69) is 26.0 Å². The molecule has 0 bridgehead atoms. The van der Waals surface area contributed by atoms with Gasteiger partial charge in [0.1, 0.15) is 31.0 Å². The van der Waals surface area contributed by atoms with Crippen LogP contribution in [0.3, 0.4) is 0 Å². The van der Waals surface area contributed by atoms with Crippen LogP contribution >= 0.6 is 0 Å². The van der Waals surface area contributed by atoms with Gasteiger partial charge in [-0.2, -0.15) is 0 Å². The third kappa shape index (κ3) is 26.8. The molecule has 1 aliphatic rings. The van der Waals surface area contributed by atoms with Crippen molar-refractivity contribution in [1.29, 1.82) is 0 Å². The van der Waals surface area contributed by atoms with E-state index in [9.17, 15) is 30.0 Å². The van der Waals surface area contributed by atoms with E-state index in [4.69, 9.17) is 18.9 Å². The molecule has 53 heavy (non-hydrogen) atoms. The number of rotatable bonds is 36. The van der Waals surface area contributed by atoms with Crippen molar-refractivity contribution < 1.29 is 49.0 Å². The topological polar surface area (TPSA) is 152 Å². The number of allylic oxidation sites excluding steroid dienone is 2. The Balaban J connectivity index is 2.34. The number of unbranched alkanes of at least 4 members (excludes halogenated alkanes) is 23. The first-order valence-electron chi connectivity index (χ1n) is 21.8. The molecule has 1 heterocycles. The lowest BCUT2D eigenvalue weighted by atomic mass is 9.99. The Morgan fingerprint density at radius 1 is 0.566 bits per heavy atom. The highest BCUT2D eigenvalue weighted by atomic mass is 16.7. The maximum Gasteiger partial charge on any atom is 0.306 e. The number of carbonyl (C=O) groups is 2. The standard InChI is InChI=1S/C43H80O10/c1-3-5-7-9-11-13-15-17-18-20-21-23-25-27-29-31-38(45)50-34-36(35-51-43-42(49)41(48)40(47)37(33-44)53-43)52-39(46)32-30-28-26-24-22-19-16-14-12-10-8-6-4-2/h17-18,36-37,40-44,47-49H,3-16,19-35H2,1-2H3/b18-17-/t36-,37-,40+,41+,42-,43+/m1/s1. The average Bonchev–Trinajstić information content (AvgIpc) is 3.15. The van der Waals surface area contributed by atoms with Gasteiger partial charge in [0.05, 0.1) is 13.2 Å². The van der Waals surface area contributed by atoms with Gasteiger partial charge in [-0.25, -0.2) is 0 Å². The first kappa shape index (κ1) is 49.5. The van der Waals surface area contributed by atoms with E-state index in [1.807, 2.05) is 0 Å². The smallest absolute Gasteiger partial charge is 0.306 e. The van der Waals surface area contributed by atoms with Crippen LogP contribution in [-0.4, -0.2) is 89.0 Å². The maximum atomic E-state index is 12.7. The fraction of sp³-hybridized carbons (Fsp3) is 0.907. The molecule has 0 amide bonds. The number of hydrogen-bond donors (Lipinski definition) is 4. The molecule has 0 aromatic carbocycles. The predicted octanol–water partition coefficient (Wildman–Crippen LogP) is 8.78. The molecule has 0 aromatic rings. The second kappa shape index (κ2) is 34.9. The fourth-order valence-corrected chi connectivity index (χ4v) is 6.65. The highest BCUT2D eigenvalue weighted by Gasteiger charge is 2.44. The molecular formula is C43H80O10. The predicted molar refractivity (Wildman–Crippen MR) is 210 cm³/mol. The van der Waals surface area contributed by atoms with Crippen LogP contribution in [0, 0.1) is 0 Å². The Hall–Kier alpha value is -1.56. The van der Waals surface area contributed by atoms with Gasteiger partial charge < -0.3 is 39.4 Å². The molecule has 0 unspecified atom stereocenters. The summed E-state index contributed by atoms with van der Waals surface area (Å²) in [6.45, 7) is 3.41. The Labute approximate surface area is 322 Å². The number of hydrogen-bond acceptors (Lipinski definition) is 10. The average molecular weight is 757 g/mol. The van der Waals surface area contributed by atoms with Gasteiger partial charge in [0.25, 0.3) is 0 Å². The minimum absolute atomic E-state index is 0.217. The molecule has 0 spiro atoms. The summed E-state index contributed by atoms with van der Waals surface area (Å²) in [5.41, 5.74) is 0. The van der Waals surface area contributed by atoms with Crippen LogP contribution in [0.4, 0.5) is 0 Å². The fourth-order valence-electron chi connectivity index (χ4n) is 6.65. The molecule has 1 saturated heterocycles. The van der Waals surface area contributed by atoms with Crippen molar-refractivity contribution in [2.24, 2.45) is 0 Å². The van der Waals surface area contributed by atoms with Crippen LogP contribution in [0.2, 0.25) is 0 Å². The van der Waals surface area contributed by atoms with Crippen molar-refractivity contribution in [2.45, 2.75) is 230 Å². The van der Waals surface area contributed by atoms with Gasteiger partial charge >= 0.3 is 11.9 Å². The molecule has 0 radical (unpaired) electrons. The lowest BCUT2D eigenvalue weighted by Gasteiger charge is -2.39. The molecule has 0 aromatic heterocycles. The zero-order valence-corrected chi connectivity index (χ0v) is 33.8. The summed E-state index contributed by atoms with van der Waals surface area (Å²) in [6.07, 6.45) is 27.9. The highest BCUT2D eigenvalue weighted by molar-refractivity contribution is 5.70. The normalized spacial score (nSPS) is 20.9. The molecule has 10 nitrogen and oxygen atoms in total. The molecule has 1 fully saturated rings. The van der Waals surface area contributed by atoms with Crippen LogP contribution < -0.4 is 0 Å². The number of carbonyl (C=O) groups excluding carboxylic acids is 2. The maximum absolute atomic E-state index is 12.7. The molecule has 0 saturated carbocycles. The number of aliphatic hydroxyl groups is 4. The van der Waals surface area contributed by atoms with Crippen molar-refractivity contribution in [3.8, 4) is 0 Å². The van der Waals surface area contributed by atoms with Crippen molar-refractivity contribution in [2.75, 3.05) is 19.8 Å². The van der Waals surface area contributed by atoms with Crippen LogP contribution in [0.5, 0.6) is 0 Å². The van der Waals surface area contributed by atoms with Gasteiger partial charge in [0, 0.05) is 12.8 Å². The van der Waals surface area contributed by atoms with Gasteiger partial charge in [-0.3, -0.25) is 9.59 Å². The van der Waals surface area contributed by atoms with Gasteiger partial charge in [0.15, 0.2) is 12.4 Å². The Morgan fingerprint density at radius 2 is 1.00 bits per heavy atom. The summed E-state index contributed by atoms with van der Waals surface area (Å²) in [7, 11) is 0. The van der Waals surface area contributed by atoms with E-state index in [1.165, 1.54) is 103 Å². The van der Waals surface area contributed by atoms with E-state index >= 15 is 0 Å². The lowest BCUT2D eigenvalue weighted by Crippen LogP contribution is -2.59. The van der Waals surface area contributed by atoms with Gasteiger partial charge in [-0.1, -0.05) is 154 Å². The van der Waals surface area contributed by atoms with Crippen LogP contribution in [0.25, 0.3) is 0 Å². The summed E-state index contributed by atoms with van der Waals surface area (Å²) in [4.78, 5) is 25.3. The van der Waals surface area contributed by atoms with Crippen molar-refractivity contribution in [3.05, 3.63) is 12.2 Å². The summed E-state index contributed by atoms with van der Waals surface area (Å²) in [6, 6.07) is 0. The van der Waals surface area contributed by atoms with E-state index in [0.717, 1.165) is 57.8 Å². The SMILES string of the molecule is CCCCCCCC/C=C\CCCCCCCC(=O)OC[C@H](CO[C@H]1O[C@H](CO)[C@H](O)[C@H](O)[C@H]1O)OC(=O)CCCCCCCCCCCCCCC. The third-order valence-corrected chi connectivity index (χ3v) is 10.2. The minimum atomic E-state index is -1.59. The second-order valence-electron chi connectivity index (χ2n) is 15.2. The van der Waals surface area contributed by atoms with Crippen LogP contribution in [0.1, 0.15) is 194 Å². The molecule has 6 atom stereocenters. The minimum Gasteiger partial charge on any atom is -0.462 e. The summed E-state index contributed by atoms with van der Waals surface area (Å²) in [5, 5.41) is 40.0. The van der Waals surface area contributed by atoms with Crippen molar-refractivity contribution in [3.63, 3.8) is 0 Å². The zero-order chi connectivity index (χ0) is 38.8. The Kier molecular flexibility index (Phi) is 32.6. The molecule has 1 rings (SSSR count). The monoisotopic (exact) mass is 757 g/mol. The van der Waals surface area contributed by atoms with Gasteiger partial charge in [-0.15, -0.1) is 0 Å². The van der Waals surface area contributed by atoms with Crippen molar-refractivity contribution >= 4 is 11.9 Å². The van der Waals surface area contributed by atoms with Crippen molar-refractivity contribution in [1.82, 2.24) is 0 Å². The first-order chi connectivity index (χ1) is 25.8. The van der Waals surface area contributed by atoms with E-state index < -0.39 is 49.4 Å². The molecule has 1 aliphatic heterocycles. The summed E-state index contributed by atoms with van der Waals surface area (Å²) in [5.74, 6) is -0.809. The quantitative estimate of drug-likeness (QED) is 0.0277. The largest absolute Gasteiger partial charge is 0.462 e. The molecular weight excluding hydrogens is 676 g/mol. The second-order valence-corrected chi connectivity index (χ2v) is 15.2.